The van der Waals surface area contributed by atoms with E-state index in [0.717, 1.165) is 50.4 Å². The molecule has 0 spiro atoms. The quantitative estimate of drug-likeness (QED) is 0.281. The average Bonchev–Trinajstić information content (AvgIpc) is 3.26. The molecule has 1 aromatic rings. The van der Waals surface area contributed by atoms with Crippen molar-refractivity contribution >= 4 is 29.9 Å². The molecular formula is C21H39IN6. The van der Waals surface area contributed by atoms with E-state index in [0.29, 0.717) is 5.92 Å². The van der Waals surface area contributed by atoms with E-state index in [1.165, 1.54) is 38.0 Å². The number of piperidine rings is 1. The Kier molecular flexibility index (Phi) is 9.53. The third-order valence-electron chi connectivity index (χ3n) is 5.86. The molecule has 2 aliphatic rings. The summed E-state index contributed by atoms with van der Waals surface area (Å²) >= 11 is 0. The van der Waals surface area contributed by atoms with Gasteiger partial charge in [0.15, 0.2) is 5.96 Å². The molecule has 0 bridgehead atoms. The van der Waals surface area contributed by atoms with Gasteiger partial charge in [0.1, 0.15) is 0 Å². The maximum atomic E-state index is 4.94. The van der Waals surface area contributed by atoms with Gasteiger partial charge in [-0.3, -0.25) is 9.67 Å². The van der Waals surface area contributed by atoms with Gasteiger partial charge >= 0.3 is 0 Å². The lowest BCUT2D eigenvalue weighted by Gasteiger charge is -2.34. The molecule has 0 saturated carbocycles. The van der Waals surface area contributed by atoms with Gasteiger partial charge in [0.2, 0.25) is 0 Å². The van der Waals surface area contributed by atoms with Crippen LogP contribution in [0, 0.1) is 11.8 Å². The molecule has 7 heteroatoms. The first kappa shape index (κ1) is 23.4. The standard InChI is InChI=1S/C21H38N6.HI/c1-5-22-21(23-8-6-9-26-13-17(2)11-18(3)14-26)27-10-7-19(16-27)20-12-24-25(4)15-20;/h12,15,17-19H,5-11,13-14,16H2,1-4H3,(H,22,23);1H. The van der Waals surface area contributed by atoms with E-state index in [1.807, 2.05) is 17.9 Å². The normalized spacial score (nSPS) is 26.4. The number of nitrogens with zero attached hydrogens (tertiary/aromatic N) is 5. The summed E-state index contributed by atoms with van der Waals surface area (Å²) in [4.78, 5) is 9.99. The minimum absolute atomic E-state index is 0. The molecule has 3 unspecified atom stereocenters. The van der Waals surface area contributed by atoms with Crippen molar-refractivity contribution in [3.8, 4) is 0 Å². The number of halogens is 1. The van der Waals surface area contributed by atoms with Crippen LogP contribution in [0.3, 0.4) is 0 Å². The second kappa shape index (κ2) is 11.4. The molecule has 1 N–H and O–H groups in total. The lowest BCUT2D eigenvalue weighted by atomic mass is 9.92. The summed E-state index contributed by atoms with van der Waals surface area (Å²) in [7, 11) is 1.99. The van der Waals surface area contributed by atoms with Gasteiger partial charge in [0.25, 0.3) is 0 Å². The van der Waals surface area contributed by atoms with Gasteiger partial charge in [-0.15, -0.1) is 24.0 Å². The number of hydrogen-bond acceptors (Lipinski definition) is 3. The summed E-state index contributed by atoms with van der Waals surface area (Å²) in [5, 5.41) is 7.83. The van der Waals surface area contributed by atoms with E-state index >= 15 is 0 Å². The van der Waals surface area contributed by atoms with E-state index in [4.69, 9.17) is 4.99 Å². The van der Waals surface area contributed by atoms with E-state index in [1.54, 1.807) is 0 Å². The molecule has 28 heavy (non-hydrogen) atoms. The topological polar surface area (TPSA) is 48.7 Å². The maximum absolute atomic E-state index is 4.94. The molecule has 2 saturated heterocycles. The highest BCUT2D eigenvalue weighted by Gasteiger charge is 2.27. The Morgan fingerprint density at radius 3 is 2.64 bits per heavy atom. The van der Waals surface area contributed by atoms with Crippen molar-refractivity contribution in [1.29, 1.82) is 0 Å². The zero-order valence-corrected chi connectivity index (χ0v) is 20.4. The third kappa shape index (κ3) is 6.61. The number of nitrogens with one attached hydrogen (secondary N) is 1. The maximum Gasteiger partial charge on any atom is 0.193 e. The van der Waals surface area contributed by atoms with Crippen LogP contribution >= 0.6 is 24.0 Å². The average molecular weight is 502 g/mol. The SMILES string of the molecule is CCNC(=NCCCN1CC(C)CC(C)C1)N1CCC(c2cnn(C)c2)C1.I. The van der Waals surface area contributed by atoms with Crippen molar-refractivity contribution in [1.82, 2.24) is 24.9 Å². The minimum Gasteiger partial charge on any atom is -0.357 e. The van der Waals surface area contributed by atoms with E-state index in [-0.39, 0.29) is 24.0 Å². The molecule has 2 aliphatic heterocycles. The summed E-state index contributed by atoms with van der Waals surface area (Å²) in [6, 6.07) is 0. The van der Waals surface area contributed by atoms with Gasteiger partial charge < -0.3 is 15.1 Å². The summed E-state index contributed by atoms with van der Waals surface area (Å²) in [5.74, 6) is 3.33. The fourth-order valence-electron chi connectivity index (χ4n) is 4.76. The minimum atomic E-state index is 0. The van der Waals surface area contributed by atoms with Gasteiger partial charge in [-0.05, 0) is 50.1 Å². The molecular weight excluding hydrogens is 463 g/mol. The van der Waals surface area contributed by atoms with Gasteiger partial charge in [0, 0.05) is 58.4 Å². The molecule has 3 rings (SSSR count). The number of aromatic nitrogens is 2. The third-order valence-corrected chi connectivity index (χ3v) is 5.86. The Balaban J connectivity index is 0.00000280. The fraction of sp³-hybridized carbons (Fsp3) is 0.810. The first-order valence-electron chi connectivity index (χ1n) is 10.8. The zero-order chi connectivity index (χ0) is 19.2. The Bertz CT molecular complexity index is 606. The first-order chi connectivity index (χ1) is 13.0. The van der Waals surface area contributed by atoms with Crippen molar-refractivity contribution in [2.45, 2.75) is 46.0 Å². The molecule has 3 heterocycles. The number of aliphatic imine (C=N–C) groups is 1. The van der Waals surface area contributed by atoms with E-state index in [2.05, 4.69) is 47.2 Å². The molecule has 6 nitrogen and oxygen atoms in total. The van der Waals surface area contributed by atoms with Crippen LogP contribution in [0.5, 0.6) is 0 Å². The second-order valence-electron chi connectivity index (χ2n) is 8.67. The number of guanidine groups is 1. The highest BCUT2D eigenvalue weighted by Crippen LogP contribution is 2.26. The molecule has 0 aromatic carbocycles. The monoisotopic (exact) mass is 502 g/mol. The summed E-state index contributed by atoms with van der Waals surface area (Å²) in [5.41, 5.74) is 1.35. The van der Waals surface area contributed by atoms with Gasteiger partial charge in [-0.25, -0.2) is 0 Å². The van der Waals surface area contributed by atoms with Crippen LogP contribution in [-0.2, 0) is 7.05 Å². The smallest absolute Gasteiger partial charge is 0.193 e. The molecule has 0 amide bonds. The molecule has 1 aromatic heterocycles. The van der Waals surface area contributed by atoms with Crippen molar-refractivity contribution in [2.75, 3.05) is 45.8 Å². The number of rotatable bonds is 6. The summed E-state index contributed by atoms with van der Waals surface area (Å²) < 4.78 is 1.90. The van der Waals surface area contributed by atoms with Crippen LogP contribution in [0.2, 0.25) is 0 Å². The first-order valence-corrected chi connectivity index (χ1v) is 10.8. The Morgan fingerprint density at radius 2 is 2.00 bits per heavy atom. The summed E-state index contributed by atoms with van der Waals surface area (Å²) in [6.07, 6.45) is 7.87. The lowest BCUT2D eigenvalue weighted by Crippen LogP contribution is -2.40. The van der Waals surface area contributed by atoms with Crippen LogP contribution in [-0.4, -0.2) is 71.4 Å². The molecule has 0 aliphatic carbocycles. The fourth-order valence-corrected chi connectivity index (χ4v) is 4.76. The summed E-state index contributed by atoms with van der Waals surface area (Å²) in [6.45, 7) is 14.6. The van der Waals surface area contributed by atoms with Gasteiger partial charge in [-0.1, -0.05) is 13.8 Å². The lowest BCUT2D eigenvalue weighted by molar-refractivity contribution is 0.140. The predicted octanol–water partition coefficient (Wildman–Crippen LogP) is 3.16. The van der Waals surface area contributed by atoms with E-state index in [9.17, 15) is 0 Å². The highest BCUT2D eigenvalue weighted by molar-refractivity contribution is 14.0. The number of aryl methyl sites for hydroxylation is 1. The van der Waals surface area contributed by atoms with E-state index < -0.39 is 0 Å². The van der Waals surface area contributed by atoms with Crippen LogP contribution in [0.15, 0.2) is 17.4 Å². The van der Waals surface area contributed by atoms with Crippen molar-refractivity contribution in [2.24, 2.45) is 23.9 Å². The van der Waals surface area contributed by atoms with Crippen LogP contribution in [0.1, 0.15) is 51.5 Å². The number of hydrogen-bond donors (Lipinski definition) is 1. The van der Waals surface area contributed by atoms with Crippen LogP contribution < -0.4 is 5.32 Å². The van der Waals surface area contributed by atoms with Crippen molar-refractivity contribution < 1.29 is 0 Å². The van der Waals surface area contributed by atoms with Crippen molar-refractivity contribution in [3.63, 3.8) is 0 Å². The Morgan fingerprint density at radius 1 is 1.25 bits per heavy atom. The molecule has 2 fully saturated rings. The highest BCUT2D eigenvalue weighted by atomic mass is 127. The number of likely N-dealkylation sites (tertiary alicyclic amines) is 2. The zero-order valence-electron chi connectivity index (χ0n) is 18.1. The molecule has 160 valence electrons. The Hall–Kier alpha value is -0.830. The van der Waals surface area contributed by atoms with Crippen LogP contribution in [0.4, 0.5) is 0 Å². The predicted molar refractivity (Wildman–Crippen MR) is 128 cm³/mol. The largest absolute Gasteiger partial charge is 0.357 e. The van der Waals surface area contributed by atoms with Crippen molar-refractivity contribution in [3.05, 3.63) is 18.0 Å². The van der Waals surface area contributed by atoms with Gasteiger partial charge in [0.05, 0.1) is 6.20 Å². The molecule has 3 atom stereocenters. The van der Waals surface area contributed by atoms with Gasteiger partial charge in [-0.2, -0.15) is 5.10 Å². The molecule has 0 radical (unpaired) electrons. The Labute approximate surface area is 188 Å². The van der Waals surface area contributed by atoms with Crippen LogP contribution in [0.25, 0.3) is 0 Å². The second-order valence-corrected chi connectivity index (χ2v) is 8.67.